The van der Waals surface area contributed by atoms with Crippen LogP contribution in [0.4, 0.5) is 0 Å². The van der Waals surface area contributed by atoms with E-state index in [2.05, 4.69) is 32.3 Å². The van der Waals surface area contributed by atoms with E-state index in [4.69, 9.17) is 0 Å². The minimum atomic E-state index is 0.186. The van der Waals surface area contributed by atoms with Crippen molar-refractivity contribution in [1.82, 2.24) is 0 Å². The summed E-state index contributed by atoms with van der Waals surface area (Å²) in [5, 5.41) is 0. The lowest BCUT2D eigenvalue weighted by atomic mass is 9.97. The predicted molar refractivity (Wildman–Crippen MR) is 50.6 cm³/mol. The zero-order valence-corrected chi connectivity index (χ0v) is 7.96. The molecule has 0 saturated heterocycles. The molecule has 10 heavy (non-hydrogen) atoms. The lowest BCUT2D eigenvalue weighted by Gasteiger charge is -2.18. The van der Waals surface area contributed by atoms with Crippen molar-refractivity contribution in [2.75, 3.05) is 7.05 Å². The fourth-order valence-corrected chi connectivity index (χ4v) is 0.879. The normalized spacial score (nSPS) is 12.4. The van der Waals surface area contributed by atoms with Crippen LogP contribution in [0.15, 0.2) is 16.5 Å². The average molecular weight is 157 g/mol. The molecule has 0 aromatic rings. The summed E-state index contributed by atoms with van der Waals surface area (Å²) in [5.41, 5.74) is 2.00. The summed E-state index contributed by atoms with van der Waals surface area (Å²) in [6.07, 6.45) is 0. The molecule has 0 aromatic heterocycles. The van der Waals surface area contributed by atoms with Gasteiger partial charge in [0.15, 0.2) is 0 Å². The Morgan fingerprint density at radius 3 is 2.30 bits per heavy atom. The molecule has 0 unspecified atom stereocenters. The quantitative estimate of drug-likeness (QED) is 0.443. The molecule has 0 N–H and O–H groups in total. The van der Waals surface area contributed by atoms with Crippen molar-refractivity contribution in [3.8, 4) is 0 Å². The smallest absolute Gasteiger partial charge is 0.0582 e. The molecule has 0 saturated carbocycles. The fourth-order valence-electron chi connectivity index (χ4n) is 0.293. The third kappa shape index (κ3) is 3.72. The number of nitrogens with zero attached hydrogens (tertiary/aromatic N) is 1. The van der Waals surface area contributed by atoms with Crippen LogP contribution in [0.25, 0.3) is 0 Å². The lowest BCUT2D eigenvalue weighted by Crippen LogP contribution is -2.04. The van der Waals surface area contributed by atoms with Crippen LogP contribution in [-0.2, 0) is 0 Å². The van der Waals surface area contributed by atoms with E-state index in [1.165, 1.54) is 0 Å². The first-order chi connectivity index (χ1) is 4.48. The maximum absolute atomic E-state index is 3.94. The van der Waals surface area contributed by atoms with E-state index in [1.54, 1.807) is 18.8 Å². The highest BCUT2D eigenvalue weighted by Crippen LogP contribution is 2.31. The molecule has 0 aliphatic heterocycles. The van der Waals surface area contributed by atoms with Gasteiger partial charge in [0.05, 0.1) is 5.55 Å². The molecule has 0 rings (SSSR count). The Balaban J connectivity index is 3.86. The van der Waals surface area contributed by atoms with Gasteiger partial charge in [-0.2, -0.15) is 0 Å². The lowest BCUT2D eigenvalue weighted by molar-refractivity contribution is 0.535. The topological polar surface area (TPSA) is 12.4 Å². The van der Waals surface area contributed by atoms with Crippen molar-refractivity contribution < 1.29 is 0 Å². The number of rotatable bonds is 2. The molecule has 0 fully saturated rings. The van der Waals surface area contributed by atoms with Gasteiger partial charge in [0.1, 0.15) is 0 Å². The number of hydrogen-bond acceptors (Lipinski definition) is 2. The first-order valence-electron chi connectivity index (χ1n) is 3.25. The molecule has 0 heterocycles. The van der Waals surface area contributed by atoms with Gasteiger partial charge in [-0.15, -0.1) is 0 Å². The van der Waals surface area contributed by atoms with Crippen LogP contribution in [0.2, 0.25) is 0 Å². The van der Waals surface area contributed by atoms with Crippen LogP contribution in [-0.4, -0.2) is 12.6 Å². The molecule has 58 valence electrons. The van der Waals surface area contributed by atoms with E-state index in [0.717, 1.165) is 4.91 Å². The van der Waals surface area contributed by atoms with Crippen LogP contribution in [0.5, 0.6) is 0 Å². The zero-order chi connectivity index (χ0) is 8.20. The van der Waals surface area contributed by atoms with Gasteiger partial charge >= 0.3 is 0 Å². The second kappa shape index (κ2) is 3.81. The van der Waals surface area contributed by atoms with E-state index in [1.807, 2.05) is 5.55 Å². The highest BCUT2D eigenvalue weighted by Gasteiger charge is 2.13. The Morgan fingerprint density at radius 2 is 2.00 bits per heavy atom. The molecular weight excluding hydrogens is 142 g/mol. The van der Waals surface area contributed by atoms with Crippen molar-refractivity contribution in [2.24, 2.45) is 10.4 Å². The average Bonchev–Trinajstić information content (AvgIpc) is 1.80. The summed E-state index contributed by atoms with van der Waals surface area (Å²) in [4.78, 5) is 5.02. The number of thioether (sulfide) groups is 1. The Morgan fingerprint density at radius 1 is 1.50 bits per heavy atom. The minimum absolute atomic E-state index is 0.186. The molecule has 0 spiro atoms. The van der Waals surface area contributed by atoms with Gasteiger partial charge in [-0.25, -0.2) is 0 Å². The molecule has 2 heteroatoms. The van der Waals surface area contributed by atoms with Crippen molar-refractivity contribution in [3.05, 3.63) is 11.5 Å². The van der Waals surface area contributed by atoms with Crippen molar-refractivity contribution in [3.63, 3.8) is 0 Å². The summed E-state index contributed by atoms with van der Waals surface area (Å²) in [6, 6.07) is 0. The van der Waals surface area contributed by atoms with E-state index < -0.39 is 0 Å². The van der Waals surface area contributed by atoms with Gasteiger partial charge < -0.3 is 0 Å². The van der Waals surface area contributed by atoms with E-state index >= 15 is 0 Å². The summed E-state index contributed by atoms with van der Waals surface area (Å²) in [7, 11) is 1.77. The third-order valence-electron chi connectivity index (χ3n) is 1.14. The van der Waals surface area contributed by atoms with E-state index in [-0.39, 0.29) is 5.41 Å². The van der Waals surface area contributed by atoms with Gasteiger partial charge in [0.2, 0.25) is 0 Å². The molecule has 0 aromatic carbocycles. The Labute approximate surface area is 67.6 Å². The van der Waals surface area contributed by atoms with Crippen LogP contribution in [0.1, 0.15) is 20.8 Å². The molecule has 0 atom stereocenters. The molecule has 0 bridgehead atoms. The second-order valence-electron chi connectivity index (χ2n) is 3.15. The highest BCUT2D eigenvalue weighted by atomic mass is 32.2. The van der Waals surface area contributed by atoms with Gasteiger partial charge in [0.25, 0.3) is 0 Å². The maximum atomic E-state index is 3.94. The SMILES string of the molecule is C=C(S/C=N\C)C(C)(C)C. The maximum Gasteiger partial charge on any atom is 0.0582 e. The van der Waals surface area contributed by atoms with Crippen LogP contribution < -0.4 is 0 Å². The van der Waals surface area contributed by atoms with Crippen LogP contribution in [0.3, 0.4) is 0 Å². The van der Waals surface area contributed by atoms with Gasteiger partial charge in [-0.3, -0.25) is 4.99 Å². The van der Waals surface area contributed by atoms with Crippen molar-refractivity contribution >= 4 is 17.3 Å². The summed E-state index contributed by atoms with van der Waals surface area (Å²) in [5.74, 6) is 0. The fraction of sp³-hybridized carbons (Fsp3) is 0.625. The molecule has 1 nitrogen and oxygen atoms in total. The van der Waals surface area contributed by atoms with Gasteiger partial charge in [-0.1, -0.05) is 39.1 Å². The van der Waals surface area contributed by atoms with Crippen molar-refractivity contribution in [1.29, 1.82) is 0 Å². The van der Waals surface area contributed by atoms with E-state index in [9.17, 15) is 0 Å². The molecule has 0 radical (unpaired) electrons. The standard InChI is InChI=1S/C8H15NS/c1-7(8(2,3)4)10-6-9-5/h6H,1H2,2-5H3/b9-6-. The first kappa shape index (κ1) is 9.76. The Kier molecular flexibility index (Phi) is 3.72. The summed E-state index contributed by atoms with van der Waals surface area (Å²) in [6.45, 7) is 10.4. The summed E-state index contributed by atoms with van der Waals surface area (Å²) >= 11 is 1.60. The predicted octanol–water partition coefficient (Wildman–Crippen LogP) is 2.94. The monoisotopic (exact) mass is 157 g/mol. The molecule has 0 aliphatic rings. The molecule has 0 aliphatic carbocycles. The molecule has 0 amide bonds. The minimum Gasteiger partial charge on any atom is -0.289 e. The molecular formula is C8H15NS. The van der Waals surface area contributed by atoms with Crippen LogP contribution >= 0.6 is 11.8 Å². The van der Waals surface area contributed by atoms with E-state index in [0.29, 0.717) is 0 Å². The Hall–Kier alpha value is -0.240. The third-order valence-corrected chi connectivity index (χ3v) is 2.35. The van der Waals surface area contributed by atoms with Gasteiger partial charge in [-0.05, 0) is 10.3 Å². The number of hydrogen-bond donors (Lipinski definition) is 0. The number of aliphatic imine (C=N–C) groups is 1. The van der Waals surface area contributed by atoms with Crippen molar-refractivity contribution in [2.45, 2.75) is 20.8 Å². The number of allylic oxidation sites excluding steroid dienone is 1. The Bertz CT molecular complexity index is 142. The first-order valence-corrected chi connectivity index (χ1v) is 4.13. The second-order valence-corrected chi connectivity index (χ2v) is 4.09. The van der Waals surface area contributed by atoms with Gasteiger partial charge in [0, 0.05) is 7.05 Å². The van der Waals surface area contributed by atoms with Crippen LogP contribution in [0, 0.1) is 5.41 Å². The zero-order valence-electron chi connectivity index (χ0n) is 7.14. The highest BCUT2D eigenvalue weighted by molar-refractivity contribution is 8.15. The summed E-state index contributed by atoms with van der Waals surface area (Å²) < 4.78 is 0. The largest absolute Gasteiger partial charge is 0.289 e.